The standard InChI is InChI=1S/C33H27N3O3/c1-23-17-19-26(20-18-23)31-33(32(37)35(34-31)27-15-9-4-10-16-27)22-30(36(38)39)28(24-11-5-2-6-12-24)21-29(33)25-13-7-3-8-14-25/h2-21,28,30H,22H2,1H3/t28-,30+,33-/m1/s1. The summed E-state index contributed by atoms with van der Waals surface area (Å²) in [5.74, 6) is -0.780. The van der Waals surface area contributed by atoms with Crippen LogP contribution in [0, 0.1) is 22.5 Å². The first-order valence-electron chi connectivity index (χ1n) is 13.0. The molecule has 1 aliphatic heterocycles. The topological polar surface area (TPSA) is 75.8 Å². The molecule has 0 bridgehead atoms. The molecule has 0 N–H and O–H groups in total. The zero-order chi connectivity index (χ0) is 27.0. The summed E-state index contributed by atoms with van der Waals surface area (Å²) in [6.07, 6.45) is 1.94. The lowest BCUT2D eigenvalue weighted by atomic mass is 9.61. The van der Waals surface area contributed by atoms with Crippen LogP contribution >= 0.6 is 0 Å². The number of hydrogen-bond acceptors (Lipinski definition) is 4. The molecule has 1 amide bonds. The number of nitrogens with zero attached hydrogens (tertiary/aromatic N) is 3. The molecule has 3 atom stereocenters. The van der Waals surface area contributed by atoms with Crippen molar-refractivity contribution >= 4 is 22.9 Å². The molecule has 4 aromatic rings. The van der Waals surface area contributed by atoms with E-state index in [2.05, 4.69) is 0 Å². The van der Waals surface area contributed by atoms with Gasteiger partial charge in [0.2, 0.25) is 6.04 Å². The first-order valence-corrected chi connectivity index (χ1v) is 13.0. The summed E-state index contributed by atoms with van der Waals surface area (Å²) in [5.41, 5.74) is 4.11. The van der Waals surface area contributed by atoms with Gasteiger partial charge in [-0.2, -0.15) is 10.1 Å². The van der Waals surface area contributed by atoms with Crippen molar-refractivity contribution in [2.24, 2.45) is 10.5 Å². The molecule has 0 saturated carbocycles. The number of rotatable bonds is 5. The summed E-state index contributed by atoms with van der Waals surface area (Å²) >= 11 is 0. The predicted octanol–water partition coefficient (Wildman–Crippen LogP) is 6.65. The van der Waals surface area contributed by atoms with Crippen molar-refractivity contribution in [2.75, 3.05) is 5.01 Å². The van der Waals surface area contributed by atoms with Crippen molar-refractivity contribution in [1.82, 2.24) is 0 Å². The number of hydrogen-bond donors (Lipinski definition) is 0. The summed E-state index contributed by atoms with van der Waals surface area (Å²) in [6.45, 7) is 2.00. The van der Waals surface area contributed by atoms with Gasteiger partial charge in [-0.3, -0.25) is 14.9 Å². The van der Waals surface area contributed by atoms with E-state index in [1.165, 1.54) is 5.01 Å². The number of para-hydroxylation sites is 1. The molecular weight excluding hydrogens is 486 g/mol. The Kier molecular flexibility index (Phi) is 6.15. The Balaban J connectivity index is 1.64. The average Bonchev–Trinajstić information content (AvgIpc) is 3.26. The number of aryl methyl sites for hydroxylation is 1. The first kappa shape index (κ1) is 24.5. The molecule has 1 aliphatic carbocycles. The Labute approximate surface area is 227 Å². The van der Waals surface area contributed by atoms with Crippen LogP contribution in [-0.2, 0) is 4.79 Å². The van der Waals surface area contributed by atoms with Gasteiger partial charge in [-0.1, -0.05) is 115 Å². The number of hydrazone groups is 1. The second-order valence-electron chi connectivity index (χ2n) is 10.1. The average molecular weight is 514 g/mol. The van der Waals surface area contributed by atoms with Crippen LogP contribution < -0.4 is 5.01 Å². The van der Waals surface area contributed by atoms with Gasteiger partial charge < -0.3 is 0 Å². The van der Waals surface area contributed by atoms with Crippen LogP contribution in [0.15, 0.2) is 126 Å². The zero-order valence-electron chi connectivity index (χ0n) is 21.5. The Morgan fingerprint density at radius 1 is 0.821 bits per heavy atom. The van der Waals surface area contributed by atoms with Crippen LogP contribution in [-0.4, -0.2) is 22.6 Å². The van der Waals surface area contributed by atoms with Crippen molar-refractivity contribution in [2.45, 2.75) is 25.3 Å². The first-order chi connectivity index (χ1) is 19.0. The van der Waals surface area contributed by atoms with Crippen molar-refractivity contribution in [3.63, 3.8) is 0 Å². The van der Waals surface area contributed by atoms with E-state index < -0.39 is 17.4 Å². The minimum absolute atomic E-state index is 0.00480. The van der Waals surface area contributed by atoms with E-state index in [0.717, 1.165) is 27.8 Å². The Hall–Kier alpha value is -4.84. The Morgan fingerprint density at radius 3 is 2.03 bits per heavy atom. The molecule has 1 spiro atoms. The molecule has 4 aromatic carbocycles. The van der Waals surface area contributed by atoms with Crippen molar-refractivity contribution in [1.29, 1.82) is 0 Å². The highest BCUT2D eigenvalue weighted by Gasteiger charge is 2.60. The van der Waals surface area contributed by atoms with Crippen molar-refractivity contribution in [3.05, 3.63) is 154 Å². The third-order valence-electron chi connectivity index (χ3n) is 7.76. The summed E-state index contributed by atoms with van der Waals surface area (Å²) < 4.78 is 0. The maximum atomic E-state index is 14.7. The van der Waals surface area contributed by atoms with E-state index >= 15 is 0 Å². The van der Waals surface area contributed by atoms with Crippen LogP contribution in [0.25, 0.3) is 5.57 Å². The van der Waals surface area contributed by atoms with Crippen LogP contribution in [0.1, 0.15) is 34.6 Å². The van der Waals surface area contributed by atoms with Crippen LogP contribution in [0.3, 0.4) is 0 Å². The molecule has 6 heteroatoms. The van der Waals surface area contributed by atoms with E-state index in [1.54, 1.807) is 0 Å². The van der Waals surface area contributed by atoms with E-state index in [9.17, 15) is 14.9 Å². The molecule has 0 unspecified atom stereocenters. The van der Waals surface area contributed by atoms with Gasteiger partial charge in [-0.15, -0.1) is 0 Å². The van der Waals surface area contributed by atoms with Gasteiger partial charge in [-0.25, -0.2) is 0 Å². The predicted molar refractivity (Wildman–Crippen MR) is 153 cm³/mol. The molecule has 39 heavy (non-hydrogen) atoms. The number of carbonyl (C=O) groups is 1. The highest BCUT2D eigenvalue weighted by atomic mass is 16.6. The van der Waals surface area contributed by atoms with E-state index in [1.807, 2.05) is 128 Å². The smallest absolute Gasteiger partial charge is 0.264 e. The monoisotopic (exact) mass is 513 g/mol. The molecule has 0 fully saturated rings. The normalized spacial score (nSPS) is 22.5. The summed E-state index contributed by atoms with van der Waals surface area (Å²) in [6, 6.07) is 35.3. The molecule has 0 saturated heterocycles. The lowest BCUT2D eigenvalue weighted by Crippen LogP contribution is -2.49. The van der Waals surface area contributed by atoms with Crippen LogP contribution in [0.2, 0.25) is 0 Å². The third kappa shape index (κ3) is 4.14. The molecule has 192 valence electrons. The van der Waals surface area contributed by atoms with Gasteiger partial charge in [-0.05, 0) is 41.3 Å². The Bertz CT molecular complexity index is 1580. The molecule has 2 aliphatic rings. The van der Waals surface area contributed by atoms with E-state index in [0.29, 0.717) is 11.4 Å². The fraction of sp³-hybridized carbons (Fsp3) is 0.152. The van der Waals surface area contributed by atoms with E-state index in [-0.39, 0.29) is 17.3 Å². The Morgan fingerprint density at radius 2 is 1.41 bits per heavy atom. The van der Waals surface area contributed by atoms with Gasteiger partial charge in [0.15, 0.2) is 0 Å². The summed E-state index contributed by atoms with van der Waals surface area (Å²) in [4.78, 5) is 27.1. The van der Waals surface area contributed by atoms with Gasteiger partial charge in [0.05, 0.1) is 17.3 Å². The van der Waals surface area contributed by atoms with Crippen LogP contribution in [0.4, 0.5) is 5.69 Å². The fourth-order valence-corrected chi connectivity index (χ4v) is 5.84. The number of anilines is 1. The maximum Gasteiger partial charge on any atom is 0.264 e. The molecule has 6 rings (SSSR count). The van der Waals surface area contributed by atoms with Gasteiger partial charge in [0, 0.05) is 11.3 Å². The molecule has 1 heterocycles. The second-order valence-corrected chi connectivity index (χ2v) is 10.1. The van der Waals surface area contributed by atoms with Crippen molar-refractivity contribution < 1.29 is 9.72 Å². The SMILES string of the molecule is Cc1ccc(C2=NN(c3ccccc3)C(=O)[C@@]23C[C@H]([N+](=O)[O-])[C@@H](c2ccccc2)C=C3c2ccccc2)cc1. The van der Waals surface area contributed by atoms with Gasteiger partial charge in [0.1, 0.15) is 5.41 Å². The maximum absolute atomic E-state index is 14.7. The van der Waals surface area contributed by atoms with Gasteiger partial charge >= 0.3 is 0 Å². The van der Waals surface area contributed by atoms with Crippen LogP contribution in [0.5, 0.6) is 0 Å². The molecule has 0 aromatic heterocycles. The summed E-state index contributed by atoms with van der Waals surface area (Å²) in [5, 5.41) is 19.0. The number of amides is 1. The highest BCUT2D eigenvalue weighted by Crippen LogP contribution is 2.54. The van der Waals surface area contributed by atoms with Gasteiger partial charge in [0.25, 0.3) is 5.91 Å². The molecule has 0 radical (unpaired) electrons. The lowest BCUT2D eigenvalue weighted by molar-refractivity contribution is -0.527. The number of nitro groups is 1. The second kappa shape index (κ2) is 9.80. The number of benzene rings is 4. The molecule has 6 nitrogen and oxygen atoms in total. The third-order valence-corrected chi connectivity index (χ3v) is 7.76. The zero-order valence-corrected chi connectivity index (χ0v) is 21.5. The van der Waals surface area contributed by atoms with Crippen molar-refractivity contribution in [3.8, 4) is 0 Å². The highest BCUT2D eigenvalue weighted by molar-refractivity contribution is 6.31. The quantitative estimate of drug-likeness (QED) is 0.221. The fourth-order valence-electron chi connectivity index (χ4n) is 5.84. The largest absolute Gasteiger partial charge is 0.271 e. The molecular formula is C33H27N3O3. The number of carbonyl (C=O) groups excluding carboxylic acids is 1. The lowest BCUT2D eigenvalue weighted by Gasteiger charge is -2.39. The van der Waals surface area contributed by atoms with E-state index in [4.69, 9.17) is 5.10 Å². The summed E-state index contributed by atoms with van der Waals surface area (Å²) in [7, 11) is 0. The minimum Gasteiger partial charge on any atom is -0.271 e. The minimum atomic E-state index is -1.34.